The second-order valence-electron chi connectivity index (χ2n) is 16.1. The van der Waals surface area contributed by atoms with Gasteiger partial charge in [0.1, 0.15) is 6.10 Å². The summed E-state index contributed by atoms with van der Waals surface area (Å²) >= 11 is 0. The molecule has 1 amide bonds. The van der Waals surface area contributed by atoms with Crippen molar-refractivity contribution in [3.8, 4) is 0 Å². The molecule has 3 unspecified atom stereocenters. The molecule has 60 heavy (non-hydrogen) atoms. The summed E-state index contributed by atoms with van der Waals surface area (Å²) in [4.78, 5) is 26.0. The third kappa shape index (κ3) is 41.5. The molecule has 6 nitrogen and oxygen atoms in total. The zero-order chi connectivity index (χ0) is 43.8. The summed E-state index contributed by atoms with van der Waals surface area (Å²) in [7, 11) is 0. The van der Waals surface area contributed by atoms with Crippen molar-refractivity contribution in [1.29, 1.82) is 0 Å². The molecule has 0 aromatic carbocycles. The zero-order valence-corrected chi connectivity index (χ0v) is 38.8. The molecule has 0 aliphatic rings. The largest absolute Gasteiger partial charge is 0.461 e. The average Bonchev–Trinajstić information content (AvgIpc) is 3.24. The molecule has 0 aromatic rings. The highest BCUT2D eigenvalue weighted by Gasteiger charge is 2.23. The Morgan fingerprint density at radius 1 is 0.517 bits per heavy atom. The van der Waals surface area contributed by atoms with Crippen molar-refractivity contribution in [2.24, 2.45) is 0 Å². The van der Waals surface area contributed by atoms with Crippen molar-refractivity contribution in [2.45, 2.75) is 225 Å². The van der Waals surface area contributed by atoms with E-state index < -0.39 is 18.2 Å². The van der Waals surface area contributed by atoms with E-state index in [1.54, 1.807) is 0 Å². The Morgan fingerprint density at radius 2 is 0.933 bits per heavy atom. The first-order chi connectivity index (χ1) is 29.5. The van der Waals surface area contributed by atoms with E-state index >= 15 is 0 Å². The molecule has 0 saturated carbocycles. The Morgan fingerprint density at radius 3 is 1.42 bits per heavy atom. The van der Waals surface area contributed by atoms with Crippen molar-refractivity contribution < 1.29 is 24.5 Å². The standard InChI is InChI=1S/C54H91NO5/c1-4-7-10-13-16-19-22-24-26-28-30-32-35-38-41-44-47-54(59)60-50(45-42-39-36-33-31-29-27-25-23-20-17-14-11-8-5-2)48-53(58)55-51(49-56)52(57)46-43-40-37-34-21-18-15-12-9-6-3/h7-8,10-11,16-17,19-20,24-27,31,33,39,42,50-52,56-57H,4-6,9,12-15,18,21-23,28-30,32,34-38,40-41,43-49H2,1-3H3,(H,55,58)/b10-7+,11-8-,19-16+,20-17-,26-24+,27-25-,33-31-,42-39-. The minimum absolute atomic E-state index is 0.0113. The molecule has 0 aliphatic heterocycles. The van der Waals surface area contributed by atoms with Gasteiger partial charge >= 0.3 is 5.97 Å². The Labute approximate surface area is 369 Å². The summed E-state index contributed by atoms with van der Waals surface area (Å²) in [6.07, 6.45) is 62.0. The van der Waals surface area contributed by atoms with E-state index in [4.69, 9.17) is 4.74 Å². The van der Waals surface area contributed by atoms with E-state index in [0.29, 0.717) is 19.3 Å². The third-order valence-corrected chi connectivity index (χ3v) is 10.4. The molecule has 342 valence electrons. The van der Waals surface area contributed by atoms with Crippen LogP contribution in [0.25, 0.3) is 0 Å². The first kappa shape index (κ1) is 56.8. The zero-order valence-electron chi connectivity index (χ0n) is 38.8. The minimum atomic E-state index is -0.818. The van der Waals surface area contributed by atoms with Crippen molar-refractivity contribution in [3.63, 3.8) is 0 Å². The minimum Gasteiger partial charge on any atom is -0.461 e. The number of amides is 1. The lowest BCUT2D eigenvalue weighted by Crippen LogP contribution is -2.46. The molecule has 0 radical (unpaired) electrons. The number of hydrogen-bond donors (Lipinski definition) is 3. The van der Waals surface area contributed by atoms with Crippen LogP contribution in [0.1, 0.15) is 207 Å². The second kappa shape index (κ2) is 46.8. The van der Waals surface area contributed by atoms with Gasteiger partial charge < -0.3 is 20.3 Å². The maximum atomic E-state index is 13.1. The van der Waals surface area contributed by atoms with Crippen LogP contribution >= 0.6 is 0 Å². The molecule has 0 bridgehead atoms. The molecule has 0 aliphatic carbocycles. The fraction of sp³-hybridized carbons (Fsp3) is 0.667. The number of hydrogen-bond acceptors (Lipinski definition) is 5. The fourth-order valence-corrected chi connectivity index (χ4v) is 6.76. The van der Waals surface area contributed by atoms with E-state index in [-0.39, 0.29) is 24.9 Å². The van der Waals surface area contributed by atoms with E-state index in [1.165, 1.54) is 57.8 Å². The van der Waals surface area contributed by atoms with E-state index in [9.17, 15) is 19.8 Å². The summed E-state index contributed by atoms with van der Waals surface area (Å²) in [6.45, 7) is 6.20. The van der Waals surface area contributed by atoms with E-state index in [2.05, 4.69) is 111 Å². The van der Waals surface area contributed by atoms with Crippen molar-refractivity contribution >= 4 is 11.9 Å². The van der Waals surface area contributed by atoms with E-state index in [1.807, 2.05) is 12.2 Å². The van der Waals surface area contributed by atoms with E-state index in [0.717, 1.165) is 103 Å². The topological polar surface area (TPSA) is 95.9 Å². The summed E-state index contributed by atoms with van der Waals surface area (Å²) in [5.74, 6) is -0.604. The maximum absolute atomic E-state index is 13.1. The van der Waals surface area contributed by atoms with Gasteiger partial charge in [0.25, 0.3) is 0 Å². The summed E-state index contributed by atoms with van der Waals surface area (Å²) in [5.41, 5.74) is 0. The van der Waals surface area contributed by atoms with Crippen LogP contribution in [0.5, 0.6) is 0 Å². The monoisotopic (exact) mass is 834 g/mol. The summed E-state index contributed by atoms with van der Waals surface area (Å²) < 4.78 is 5.85. The van der Waals surface area contributed by atoms with Crippen LogP contribution in [0.2, 0.25) is 0 Å². The van der Waals surface area contributed by atoms with Crippen LogP contribution in [0.15, 0.2) is 97.2 Å². The first-order valence-electron chi connectivity index (χ1n) is 24.5. The predicted molar refractivity (Wildman–Crippen MR) is 259 cm³/mol. The predicted octanol–water partition coefficient (Wildman–Crippen LogP) is 14.6. The third-order valence-electron chi connectivity index (χ3n) is 10.4. The van der Waals surface area contributed by atoms with Gasteiger partial charge in [-0.2, -0.15) is 0 Å². The van der Waals surface area contributed by atoms with Crippen LogP contribution in [0.4, 0.5) is 0 Å². The number of esters is 1. The normalized spacial score (nSPS) is 14.2. The van der Waals surface area contributed by atoms with Gasteiger partial charge in [-0.25, -0.2) is 0 Å². The van der Waals surface area contributed by atoms with Gasteiger partial charge in [-0.1, -0.05) is 208 Å². The number of carbonyl (C=O) groups excluding carboxylic acids is 2. The van der Waals surface area contributed by atoms with Gasteiger partial charge in [0.05, 0.1) is 25.2 Å². The lowest BCUT2D eigenvalue weighted by atomic mass is 10.0. The van der Waals surface area contributed by atoms with Crippen LogP contribution in [0.3, 0.4) is 0 Å². The molecule has 3 atom stereocenters. The fourth-order valence-electron chi connectivity index (χ4n) is 6.76. The Kier molecular flexibility index (Phi) is 44.3. The van der Waals surface area contributed by atoms with Gasteiger partial charge in [0, 0.05) is 12.8 Å². The molecule has 0 rings (SSSR count). The molecular weight excluding hydrogens is 743 g/mol. The summed E-state index contributed by atoms with van der Waals surface area (Å²) in [6, 6.07) is -0.739. The molecule has 0 aromatic heterocycles. The number of carbonyl (C=O) groups is 2. The number of allylic oxidation sites excluding steroid dienone is 15. The van der Waals surface area contributed by atoms with Crippen molar-refractivity contribution in [3.05, 3.63) is 97.2 Å². The van der Waals surface area contributed by atoms with Crippen LogP contribution in [0, 0.1) is 0 Å². The smallest absolute Gasteiger partial charge is 0.306 e. The van der Waals surface area contributed by atoms with Gasteiger partial charge in [-0.05, 0) is 77.0 Å². The first-order valence-corrected chi connectivity index (χ1v) is 24.5. The van der Waals surface area contributed by atoms with Gasteiger partial charge in [0.2, 0.25) is 5.91 Å². The highest BCUT2D eigenvalue weighted by molar-refractivity contribution is 5.77. The SMILES string of the molecule is CC/C=C\C/C=C\C/C=C\C/C=C\C/C=C\CC(CC(=O)NC(CO)C(O)CCCCCCCCCCCC)OC(=O)CCCCCCCC/C=C/C/C=C/C/C=C/CC. The van der Waals surface area contributed by atoms with Gasteiger partial charge in [-0.3, -0.25) is 9.59 Å². The second-order valence-corrected chi connectivity index (χ2v) is 16.1. The summed E-state index contributed by atoms with van der Waals surface area (Å²) in [5, 5.41) is 23.6. The molecule has 0 heterocycles. The molecule has 0 spiro atoms. The molecular formula is C54H91NO5. The number of ether oxygens (including phenoxy) is 1. The lowest BCUT2D eigenvalue weighted by molar-refractivity contribution is -0.150. The Balaban J connectivity index is 4.77. The number of rotatable bonds is 42. The molecule has 3 N–H and O–H groups in total. The van der Waals surface area contributed by atoms with Crippen LogP contribution < -0.4 is 5.32 Å². The Bertz CT molecular complexity index is 1210. The average molecular weight is 834 g/mol. The van der Waals surface area contributed by atoms with Gasteiger partial charge in [0.15, 0.2) is 0 Å². The van der Waals surface area contributed by atoms with Gasteiger partial charge in [-0.15, -0.1) is 0 Å². The maximum Gasteiger partial charge on any atom is 0.306 e. The lowest BCUT2D eigenvalue weighted by Gasteiger charge is -2.24. The quantitative estimate of drug-likeness (QED) is 0.0323. The van der Waals surface area contributed by atoms with Crippen LogP contribution in [-0.4, -0.2) is 46.9 Å². The van der Waals surface area contributed by atoms with Crippen LogP contribution in [-0.2, 0) is 14.3 Å². The highest BCUT2D eigenvalue weighted by atomic mass is 16.5. The molecule has 0 fully saturated rings. The number of aliphatic hydroxyl groups is 2. The number of aliphatic hydroxyl groups excluding tert-OH is 2. The molecule has 6 heteroatoms. The van der Waals surface area contributed by atoms with Crippen molar-refractivity contribution in [2.75, 3.05) is 6.61 Å². The Hall–Kier alpha value is -3.22. The molecule has 0 saturated heterocycles. The number of unbranched alkanes of at least 4 members (excludes halogenated alkanes) is 15. The number of nitrogens with one attached hydrogen (secondary N) is 1. The highest BCUT2D eigenvalue weighted by Crippen LogP contribution is 2.15. The van der Waals surface area contributed by atoms with Crippen molar-refractivity contribution in [1.82, 2.24) is 5.32 Å².